The van der Waals surface area contributed by atoms with E-state index in [1.165, 1.54) is 8.61 Å². The standard InChI is InChI=1S/C14H20N6O2S/c1-19(2)23(21,22)20-6-4-11(10-20)7-12-8-16-14(9-15-12)13-3-5-17-18-13/h3,5,8-9,11H,4,6-7,10H2,1-2H3,(H,17,18)/t11-/m1/s1. The van der Waals surface area contributed by atoms with E-state index in [0.717, 1.165) is 29.9 Å². The molecule has 1 aliphatic rings. The zero-order valence-electron chi connectivity index (χ0n) is 13.2. The topological polar surface area (TPSA) is 95.1 Å². The van der Waals surface area contributed by atoms with E-state index in [2.05, 4.69) is 20.2 Å². The Balaban J connectivity index is 1.63. The first-order valence-electron chi connectivity index (χ1n) is 7.45. The molecular formula is C14H20N6O2S. The third kappa shape index (κ3) is 3.41. The number of H-pyrrole nitrogens is 1. The molecule has 0 aliphatic carbocycles. The quantitative estimate of drug-likeness (QED) is 0.860. The number of aromatic nitrogens is 4. The molecule has 3 heterocycles. The summed E-state index contributed by atoms with van der Waals surface area (Å²) in [4.78, 5) is 8.82. The number of nitrogens with zero attached hydrogens (tertiary/aromatic N) is 5. The van der Waals surface area contributed by atoms with Gasteiger partial charge in [-0.2, -0.15) is 22.1 Å². The van der Waals surface area contributed by atoms with Crippen LogP contribution in [-0.2, 0) is 16.6 Å². The van der Waals surface area contributed by atoms with Gasteiger partial charge in [-0.05, 0) is 24.8 Å². The average Bonchev–Trinajstić information content (AvgIpc) is 3.19. The van der Waals surface area contributed by atoms with Gasteiger partial charge in [-0.15, -0.1) is 0 Å². The smallest absolute Gasteiger partial charge is 0.276 e. The Kier molecular flexibility index (Phi) is 4.42. The van der Waals surface area contributed by atoms with Gasteiger partial charge < -0.3 is 0 Å². The van der Waals surface area contributed by atoms with Gasteiger partial charge in [-0.25, -0.2) is 0 Å². The molecule has 124 valence electrons. The number of hydrogen-bond donors (Lipinski definition) is 1. The molecule has 3 rings (SSSR count). The normalized spacial score (nSPS) is 19.5. The highest BCUT2D eigenvalue weighted by Crippen LogP contribution is 2.23. The summed E-state index contributed by atoms with van der Waals surface area (Å²) in [7, 11) is -0.203. The third-order valence-electron chi connectivity index (χ3n) is 4.02. The number of hydrogen-bond acceptors (Lipinski definition) is 5. The van der Waals surface area contributed by atoms with E-state index in [-0.39, 0.29) is 5.92 Å². The predicted molar refractivity (Wildman–Crippen MR) is 85.6 cm³/mol. The highest BCUT2D eigenvalue weighted by atomic mass is 32.2. The van der Waals surface area contributed by atoms with Crippen LogP contribution in [0.4, 0.5) is 0 Å². The van der Waals surface area contributed by atoms with Crippen LogP contribution >= 0.6 is 0 Å². The average molecular weight is 336 g/mol. The molecule has 9 heteroatoms. The fourth-order valence-corrected chi connectivity index (χ4v) is 3.90. The number of nitrogens with one attached hydrogen (secondary N) is 1. The van der Waals surface area contributed by atoms with Crippen molar-refractivity contribution in [2.24, 2.45) is 5.92 Å². The maximum atomic E-state index is 12.1. The Labute approximate surface area is 135 Å². The first kappa shape index (κ1) is 16.0. The lowest BCUT2D eigenvalue weighted by molar-refractivity contribution is 0.409. The van der Waals surface area contributed by atoms with E-state index in [9.17, 15) is 8.42 Å². The van der Waals surface area contributed by atoms with Crippen LogP contribution in [0, 0.1) is 5.92 Å². The van der Waals surface area contributed by atoms with Crippen molar-refractivity contribution in [3.8, 4) is 11.4 Å². The summed E-state index contributed by atoms with van der Waals surface area (Å²) in [6, 6.07) is 1.84. The molecule has 1 N–H and O–H groups in total. The second kappa shape index (κ2) is 6.34. The van der Waals surface area contributed by atoms with E-state index in [1.54, 1.807) is 32.7 Å². The Bertz CT molecular complexity index is 742. The number of aromatic amines is 1. The first-order valence-corrected chi connectivity index (χ1v) is 8.85. The molecule has 0 radical (unpaired) electrons. The number of rotatable bonds is 5. The highest BCUT2D eigenvalue weighted by molar-refractivity contribution is 7.86. The van der Waals surface area contributed by atoms with Crippen molar-refractivity contribution >= 4 is 10.2 Å². The monoisotopic (exact) mass is 336 g/mol. The lowest BCUT2D eigenvalue weighted by Gasteiger charge is -2.20. The van der Waals surface area contributed by atoms with Crippen molar-refractivity contribution in [3.05, 3.63) is 30.4 Å². The van der Waals surface area contributed by atoms with E-state index in [0.29, 0.717) is 13.1 Å². The molecule has 1 saturated heterocycles. The molecule has 1 aliphatic heterocycles. The third-order valence-corrected chi connectivity index (χ3v) is 5.92. The molecular weight excluding hydrogens is 316 g/mol. The fraction of sp³-hybridized carbons (Fsp3) is 0.500. The fourth-order valence-electron chi connectivity index (χ4n) is 2.70. The molecule has 1 atom stereocenters. The van der Waals surface area contributed by atoms with Gasteiger partial charge >= 0.3 is 0 Å². The van der Waals surface area contributed by atoms with Gasteiger partial charge in [0.1, 0.15) is 5.69 Å². The van der Waals surface area contributed by atoms with E-state index < -0.39 is 10.2 Å². The SMILES string of the molecule is CN(C)S(=O)(=O)N1CC[C@H](Cc2cnc(-c3ccn[nH]3)cn2)C1. The Morgan fingerprint density at radius 3 is 2.78 bits per heavy atom. The van der Waals surface area contributed by atoms with Crippen molar-refractivity contribution in [1.82, 2.24) is 28.8 Å². The van der Waals surface area contributed by atoms with Crippen LogP contribution < -0.4 is 0 Å². The molecule has 0 saturated carbocycles. The van der Waals surface area contributed by atoms with Crippen molar-refractivity contribution in [2.45, 2.75) is 12.8 Å². The van der Waals surface area contributed by atoms with Gasteiger partial charge in [0.2, 0.25) is 0 Å². The largest absolute Gasteiger partial charge is 0.281 e. The molecule has 2 aromatic heterocycles. The highest BCUT2D eigenvalue weighted by Gasteiger charge is 2.32. The van der Waals surface area contributed by atoms with Crippen LogP contribution in [0.5, 0.6) is 0 Å². The van der Waals surface area contributed by atoms with Gasteiger partial charge in [0.25, 0.3) is 10.2 Å². The summed E-state index contributed by atoms with van der Waals surface area (Å²) in [5.74, 6) is 0.275. The molecule has 0 amide bonds. The minimum Gasteiger partial charge on any atom is -0.276 e. The minimum atomic E-state index is -3.32. The summed E-state index contributed by atoms with van der Waals surface area (Å²) < 4.78 is 27.0. The molecule has 23 heavy (non-hydrogen) atoms. The molecule has 0 bridgehead atoms. The Hall–Kier alpha value is -1.84. The van der Waals surface area contributed by atoms with Gasteiger partial charge in [-0.3, -0.25) is 15.1 Å². The van der Waals surface area contributed by atoms with E-state index >= 15 is 0 Å². The molecule has 8 nitrogen and oxygen atoms in total. The Morgan fingerprint density at radius 1 is 1.35 bits per heavy atom. The van der Waals surface area contributed by atoms with Gasteiger partial charge in [0.05, 0.1) is 17.6 Å². The summed E-state index contributed by atoms with van der Waals surface area (Å²) in [5, 5.41) is 6.74. The van der Waals surface area contributed by atoms with Crippen molar-refractivity contribution < 1.29 is 8.42 Å². The van der Waals surface area contributed by atoms with Crippen molar-refractivity contribution in [3.63, 3.8) is 0 Å². The van der Waals surface area contributed by atoms with Crippen LogP contribution in [0.15, 0.2) is 24.7 Å². The lowest BCUT2D eigenvalue weighted by atomic mass is 10.0. The summed E-state index contributed by atoms with van der Waals surface area (Å²) in [6.07, 6.45) is 6.71. The van der Waals surface area contributed by atoms with Crippen molar-refractivity contribution in [2.75, 3.05) is 27.2 Å². The van der Waals surface area contributed by atoms with Crippen LogP contribution in [0.2, 0.25) is 0 Å². The predicted octanol–water partition coefficient (Wildman–Crippen LogP) is 0.537. The second-order valence-electron chi connectivity index (χ2n) is 5.87. The molecule has 0 unspecified atom stereocenters. The van der Waals surface area contributed by atoms with Gasteiger partial charge in [0, 0.05) is 39.6 Å². The summed E-state index contributed by atoms with van der Waals surface area (Å²) >= 11 is 0. The minimum absolute atomic E-state index is 0.275. The second-order valence-corrected chi connectivity index (χ2v) is 8.01. The molecule has 0 spiro atoms. The van der Waals surface area contributed by atoms with Crippen LogP contribution in [0.3, 0.4) is 0 Å². The van der Waals surface area contributed by atoms with Gasteiger partial charge in [-0.1, -0.05) is 0 Å². The van der Waals surface area contributed by atoms with E-state index in [4.69, 9.17) is 0 Å². The van der Waals surface area contributed by atoms with Crippen LogP contribution in [-0.4, -0.2) is 64.4 Å². The summed E-state index contributed by atoms with van der Waals surface area (Å²) in [5.41, 5.74) is 2.45. The molecule has 2 aromatic rings. The maximum Gasteiger partial charge on any atom is 0.281 e. The van der Waals surface area contributed by atoms with Gasteiger partial charge in [0.15, 0.2) is 0 Å². The first-order chi connectivity index (χ1) is 11.0. The zero-order valence-corrected chi connectivity index (χ0v) is 14.0. The van der Waals surface area contributed by atoms with Crippen molar-refractivity contribution in [1.29, 1.82) is 0 Å². The molecule has 1 fully saturated rings. The summed E-state index contributed by atoms with van der Waals surface area (Å²) in [6.45, 7) is 1.09. The molecule has 0 aromatic carbocycles. The zero-order chi connectivity index (χ0) is 16.4. The lowest BCUT2D eigenvalue weighted by Crippen LogP contribution is -2.38. The van der Waals surface area contributed by atoms with Crippen LogP contribution in [0.1, 0.15) is 12.1 Å². The Morgan fingerprint density at radius 2 is 2.17 bits per heavy atom. The maximum absolute atomic E-state index is 12.1. The van der Waals surface area contributed by atoms with E-state index in [1.807, 2.05) is 6.07 Å². The van der Waals surface area contributed by atoms with Crippen LogP contribution in [0.25, 0.3) is 11.4 Å².